The molecular weight excluding hydrogens is 204 g/mol. The summed E-state index contributed by atoms with van der Waals surface area (Å²) >= 11 is 0. The SMILES string of the molecule is CC(C)C1CC(O)(C2=CCCCO2)CCO1. The zero-order chi connectivity index (χ0) is 11.6. The van der Waals surface area contributed by atoms with E-state index in [1.165, 1.54) is 0 Å². The van der Waals surface area contributed by atoms with Gasteiger partial charge in [-0.05, 0) is 24.8 Å². The number of ether oxygens (including phenoxy) is 2. The Morgan fingerprint density at radius 1 is 1.44 bits per heavy atom. The summed E-state index contributed by atoms with van der Waals surface area (Å²) < 4.78 is 11.3. The van der Waals surface area contributed by atoms with Gasteiger partial charge in [-0.3, -0.25) is 0 Å². The maximum atomic E-state index is 10.6. The molecule has 1 fully saturated rings. The average Bonchev–Trinajstić information content (AvgIpc) is 2.30. The number of aliphatic hydroxyl groups is 1. The van der Waals surface area contributed by atoms with Gasteiger partial charge in [0.1, 0.15) is 11.4 Å². The van der Waals surface area contributed by atoms with Crippen LogP contribution in [0.5, 0.6) is 0 Å². The van der Waals surface area contributed by atoms with Crippen molar-refractivity contribution in [3.63, 3.8) is 0 Å². The lowest BCUT2D eigenvalue weighted by molar-refractivity contribution is -0.120. The normalized spacial score (nSPS) is 35.8. The smallest absolute Gasteiger partial charge is 0.126 e. The second-order valence-electron chi connectivity index (χ2n) is 5.20. The van der Waals surface area contributed by atoms with Crippen molar-refractivity contribution in [2.24, 2.45) is 5.92 Å². The van der Waals surface area contributed by atoms with Crippen LogP contribution in [0.25, 0.3) is 0 Å². The van der Waals surface area contributed by atoms with Crippen molar-refractivity contribution in [3.05, 3.63) is 11.8 Å². The Hall–Kier alpha value is -0.540. The Kier molecular flexibility index (Phi) is 3.55. The molecule has 2 atom stereocenters. The van der Waals surface area contributed by atoms with Crippen LogP contribution < -0.4 is 0 Å². The van der Waals surface area contributed by atoms with E-state index in [1.807, 2.05) is 6.08 Å². The lowest BCUT2D eigenvalue weighted by Gasteiger charge is -2.40. The predicted octanol–water partition coefficient (Wildman–Crippen LogP) is 2.25. The molecule has 3 heteroatoms. The minimum Gasteiger partial charge on any atom is -0.495 e. The monoisotopic (exact) mass is 226 g/mol. The fourth-order valence-electron chi connectivity index (χ4n) is 2.41. The van der Waals surface area contributed by atoms with Crippen LogP contribution in [0.3, 0.4) is 0 Å². The summed E-state index contributed by atoms with van der Waals surface area (Å²) in [5.74, 6) is 1.23. The Labute approximate surface area is 97.4 Å². The quantitative estimate of drug-likeness (QED) is 0.785. The third-order valence-corrected chi connectivity index (χ3v) is 3.52. The first-order chi connectivity index (χ1) is 7.62. The zero-order valence-electron chi connectivity index (χ0n) is 10.2. The van der Waals surface area contributed by atoms with Crippen molar-refractivity contribution < 1.29 is 14.6 Å². The summed E-state index contributed by atoms with van der Waals surface area (Å²) in [6.07, 6.45) is 5.59. The van der Waals surface area contributed by atoms with Crippen LogP contribution in [-0.4, -0.2) is 30.0 Å². The molecule has 2 unspecified atom stereocenters. The highest BCUT2D eigenvalue weighted by Gasteiger charge is 2.40. The first kappa shape index (κ1) is 11.9. The van der Waals surface area contributed by atoms with Crippen molar-refractivity contribution in [2.75, 3.05) is 13.2 Å². The number of allylic oxidation sites excluding steroid dienone is 1. The third kappa shape index (κ3) is 2.41. The predicted molar refractivity (Wildman–Crippen MR) is 62.0 cm³/mol. The molecule has 16 heavy (non-hydrogen) atoms. The molecule has 0 saturated carbocycles. The van der Waals surface area contributed by atoms with Crippen LogP contribution in [-0.2, 0) is 9.47 Å². The van der Waals surface area contributed by atoms with E-state index in [-0.39, 0.29) is 6.10 Å². The van der Waals surface area contributed by atoms with Crippen molar-refractivity contribution >= 4 is 0 Å². The summed E-state index contributed by atoms with van der Waals surface area (Å²) in [5, 5.41) is 10.6. The van der Waals surface area contributed by atoms with Crippen LogP contribution >= 0.6 is 0 Å². The minimum atomic E-state index is -0.784. The first-order valence-electron chi connectivity index (χ1n) is 6.29. The van der Waals surface area contributed by atoms with Gasteiger partial charge in [0.2, 0.25) is 0 Å². The lowest BCUT2D eigenvalue weighted by atomic mass is 9.84. The van der Waals surface area contributed by atoms with E-state index in [9.17, 15) is 5.11 Å². The highest BCUT2D eigenvalue weighted by atomic mass is 16.5. The molecule has 92 valence electrons. The molecule has 0 amide bonds. The number of hydrogen-bond donors (Lipinski definition) is 1. The van der Waals surface area contributed by atoms with Gasteiger partial charge >= 0.3 is 0 Å². The van der Waals surface area contributed by atoms with Gasteiger partial charge < -0.3 is 14.6 Å². The second kappa shape index (κ2) is 4.76. The van der Waals surface area contributed by atoms with Crippen molar-refractivity contribution in [1.82, 2.24) is 0 Å². The summed E-state index contributed by atoms with van der Waals surface area (Å²) in [5.41, 5.74) is -0.784. The summed E-state index contributed by atoms with van der Waals surface area (Å²) in [7, 11) is 0. The molecule has 0 aliphatic carbocycles. The van der Waals surface area contributed by atoms with Gasteiger partial charge in [0.05, 0.1) is 19.3 Å². The van der Waals surface area contributed by atoms with E-state index >= 15 is 0 Å². The molecule has 0 aromatic heterocycles. The van der Waals surface area contributed by atoms with Gasteiger partial charge in [0.15, 0.2) is 0 Å². The fourth-order valence-corrected chi connectivity index (χ4v) is 2.41. The molecule has 2 heterocycles. The average molecular weight is 226 g/mol. The van der Waals surface area contributed by atoms with Gasteiger partial charge in [-0.2, -0.15) is 0 Å². The van der Waals surface area contributed by atoms with Crippen LogP contribution in [0, 0.1) is 5.92 Å². The Morgan fingerprint density at radius 3 is 2.88 bits per heavy atom. The minimum absolute atomic E-state index is 0.144. The van der Waals surface area contributed by atoms with E-state index in [2.05, 4.69) is 13.8 Å². The lowest BCUT2D eigenvalue weighted by Crippen LogP contribution is -2.45. The van der Waals surface area contributed by atoms with Crippen molar-refractivity contribution in [2.45, 2.75) is 51.2 Å². The van der Waals surface area contributed by atoms with Gasteiger partial charge in [-0.25, -0.2) is 0 Å². The molecule has 3 nitrogen and oxygen atoms in total. The molecule has 2 aliphatic rings. The van der Waals surface area contributed by atoms with E-state index in [4.69, 9.17) is 9.47 Å². The van der Waals surface area contributed by atoms with Crippen molar-refractivity contribution in [3.8, 4) is 0 Å². The third-order valence-electron chi connectivity index (χ3n) is 3.52. The highest BCUT2D eigenvalue weighted by molar-refractivity contribution is 5.13. The summed E-state index contributed by atoms with van der Waals surface area (Å²) in [6, 6.07) is 0. The van der Waals surface area contributed by atoms with E-state index in [1.54, 1.807) is 0 Å². The van der Waals surface area contributed by atoms with Crippen molar-refractivity contribution in [1.29, 1.82) is 0 Å². The van der Waals surface area contributed by atoms with E-state index < -0.39 is 5.60 Å². The summed E-state index contributed by atoms with van der Waals surface area (Å²) in [6.45, 7) is 5.63. The number of hydrogen-bond acceptors (Lipinski definition) is 3. The molecule has 0 spiro atoms. The van der Waals surface area contributed by atoms with E-state index in [0.29, 0.717) is 25.4 Å². The second-order valence-corrected chi connectivity index (χ2v) is 5.20. The van der Waals surface area contributed by atoms with Crippen LogP contribution in [0.4, 0.5) is 0 Å². The molecular formula is C13H22O3. The Balaban J connectivity index is 2.08. The topological polar surface area (TPSA) is 38.7 Å². The van der Waals surface area contributed by atoms with Crippen LogP contribution in [0.15, 0.2) is 11.8 Å². The zero-order valence-corrected chi connectivity index (χ0v) is 10.2. The molecule has 0 bridgehead atoms. The molecule has 0 aromatic rings. The molecule has 0 radical (unpaired) electrons. The summed E-state index contributed by atoms with van der Waals surface area (Å²) in [4.78, 5) is 0. The van der Waals surface area contributed by atoms with Gasteiger partial charge in [0, 0.05) is 12.8 Å². The molecule has 2 rings (SSSR count). The number of rotatable bonds is 2. The largest absolute Gasteiger partial charge is 0.495 e. The first-order valence-corrected chi connectivity index (χ1v) is 6.29. The maximum absolute atomic E-state index is 10.6. The molecule has 2 aliphatic heterocycles. The Morgan fingerprint density at radius 2 is 2.25 bits per heavy atom. The fraction of sp³-hybridized carbons (Fsp3) is 0.846. The van der Waals surface area contributed by atoms with E-state index in [0.717, 1.165) is 25.2 Å². The van der Waals surface area contributed by atoms with Crippen LogP contribution in [0.2, 0.25) is 0 Å². The standard InChI is InChI=1S/C13H22O3/c1-10(2)11-9-13(14,6-8-15-11)12-5-3-4-7-16-12/h5,10-11,14H,3-4,6-9H2,1-2H3. The van der Waals surface area contributed by atoms with Crippen LogP contribution in [0.1, 0.15) is 39.5 Å². The molecule has 0 aromatic carbocycles. The molecule has 1 saturated heterocycles. The maximum Gasteiger partial charge on any atom is 0.126 e. The Bertz CT molecular complexity index is 272. The molecule has 1 N–H and O–H groups in total. The van der Waals surface area contributed by atoms with Gasteiger partial charge in [-0.15, -0.1) is 0 Å². The highest BCUT2D eigenvalue weighted by Crippen LogP contribution is 2.36. The van der Waals surface area contributed by atoms with Gasteiger partial charge in [-0.1, -0.05) is 13.8 Å². The van der Waals surface area contributed by atoms with Gasteiger partial charge in [0.25, 0.3) is 0 Å².